The van der Waals surface area contributed by atoms with Gasteiger partial charge in [-0.1, -0.05) is 39.0 Å². The smallest absolute Gasteiger partial charge is 0.0349 e. The summed E-state index contributed by atoms with van der Waals surface area (Å²) in [6.45, 7) is 14.3. The zero-order chi connectivity index (χ0) is 15.4. The topological polar surface area (TPSA) is 15.3 Å². The van der Waals surface area contributed by atoms with Crippen molar-refractivity contribution in [1.82, 2.24) is 10.2 Å². The summed E-state index contributed by atoms with van der Waals surface area (Å²) in [4.78, 5) is 4.02. The second-order valence-electron chi connectivity index (χ2n) is 6.19. The van der Waals surface area contributed by atoms with E-state index in [4.69, 9.17) is 0 Å². The molecule has 2 rings (SSSR count). The number of nitrogens with zero attached hydrogens (tertiary/aromatic N) is 1. The number of thiophene rings is 1. The Morgan fingerprint density at radius 2 is 1.86 bits per heavy atom. The number of hydrogen-bond acceptors (Lipinski definition) is 3. The molecule has 0 atom stereocenters. The molecule has 0 bridgehead atoms. The molecule has 1 aromatic heterocycles. The summed E-state index contributed by atoms with van der Waals surface area (Å²) >= 11 is 1.94. The largest absolute Gasteiger partial charge is 0.310 e. The van der Waals surface area contributed by atoms with Gasteiger partial charge in [0.15, 0.2) is 0 Å². The van der Waals surface area contributed by atoms with Crippen molar-refractivity contribution in [3.63, 3.8) is 0 Å². The molecule has 1 aromatic carbocycles. The minimum Gasteiger partial charge on any atom is -0.310 e. The lowest BCUT2D eigenvalue weighted by molar-refractivity contribution is 0.225. The third kappa shape index (κ3) is 4.06. The zero-order valence-corrected chi connectivity index (χ0v) is 14.8. The first-order chi connectivity index (χ1) is 10.0. The van der Waals surface area contributed by atoms with Crippen LogP contribution < -0.4 is 5.32 Å². The van der Waals surface area contributed by atoms with Crippen molar-refractivity contribution in [2.45, 2.75) is 59.8 Å². The summed E-state index contributed by atoms with van der Waals surface area (Å²) in [5.74, 6) is 0. The van der Waals surface area contributed by atoms with Gasteiger partial charge in [-0.25, -0.2) is 0 Å². The summed E-state index contributed by atoms with van der Waals surface area (Å²) in [7, 11) is 0. The van der Waals surface area contributed by atoms with Crippen LogP contribution in [0.1, 0.15) is 45.1 Å². The molecule has 21 heavy (non-hydrogen) atoms. The minimum atomic E-state index is 0.524. The van der Waals surface area contributed by atoms with Gasteiger partial charge >= 0.3 is 0 Å². The van der Waals surface area contributed by atoms with Crippen molar-refractivity contribution in [3.05, 3.63) is 34.7 Å². The molecule has 0 aliphatic heterocycles. The molecule has 0 radical (unpaired) electrons. The molecule has 1 heterocycles. The lowest BCUT2D eigenvalue weighted by atomic mass is 10.1. The summed E-state index contributed by atoms with van der Waals surface area (Å²) in [5.41, 5.74) is 1.51. The molecule has 2 nitrogen and oxygen atoms in total. The SMILES string of the molecule is CCN(Cc1c(CNC(C)C)sc2ccccc12)C(C)C. The molecule has 0 aliphatic rings. The van der Waals surface area contributed by atoms with Gasteiger partial charge in [-0.2, -0.15) is 0 Å². The van der Waals surface area contributed by atoms with Crippen molar-refractivity contribution >= 4 is 21.4 Å². The summed E-state index contributed by atoms with van der Waals surface area (Å²) in [6.07, 6.45) is 0. The number of fused-ring (bicyclic) bond motifs is 1. The van der Waals surface area contributed by atoms with Crippen LogP contribution in [-0.2, 0) is 13.1 Å². The van der Waals surface area contributed by atoms with E-state index in [9.17, 15) is 0 Å². The number of nitrogens with one attached hydrogen (secondary N) is 1. The van der Waals surface area contributed by atoms with Crippen LogP contribution in [0, 0.1) is 0 Å². The first-order valence-corrected chi connectivity index (χ1v) is 8.81. The Morgan fingerprint density at radius 1 is 1.14 bits per heavy atom. The fraction of sp³-hybridized carbons (Fsp3) is 0.556. The molecule has 0 fully saturated rings. The predicted octanol–water partition coefficient (Wildman–Crippen LogP) is 4.63. The molecule has 0 spiro atoms. The molecule has 2 aromatic rings. The standard InChI is InChI=1S/C18H28N2S/c1-6-20(14(4)5)12-16-15-9-7-8-10-17(15)21-18(16)11-19-13(2)3/h7-10,13-14,19H,6,11-12H2,1-5H3. The van der Waals surface area contributed by atoms with Gasteiger partial charge in [-0.3, -0.25) is 4.90 Å². The van der Waals surface area contributed by atoms with Crippen LogP contribution in [0.15, 0.2) is 24.3 Å². The summed E-state index contributed by atoms with van der Waals surface area (Å²) in [5, 5.41) is 5.01. The van der Waals surface area contributed by atoms with Crippen LogP contribution in [0.4, 0.5) is 0 Å². The van der Waals surface area contributed by atoms with Crippen molar-refractivity contribution in [2.75, 3.05) is 6.54 Å². The highest BCUT2D eigenvalue weighted by atomic mass is 32.1. The maximum Gasteiger partial charge on any atom is 0.0349 e. The highest BCUT2D eigenvalue weighted by Crippen LogP contribution is 2.32. The van der Waals surface area contributed by atoms with Crippen molar-refractivity contribution < 1.29 is 0 Å². The van der Waals surface area contributed by atoms with E-state index < -0.39 is 0 Å². The van der Waals surface area contributed by atoms with Gasteiger partial charge in [0.25, 0.3) is 0 Å². The molecular formula is C18H28N2S. The van der Waals surface area contributed by atoms with E-state index in [0.717, 1.165) is 19.6 Å². The van der Waals surface area contributed by atoms with Crippen molar-refractivity contribution in [3.8, 4) is 0 Å². The van der Waals surface area contributed by atoms with E-state index in [-0.39, 0.29) is 0 Å². The molecule has 0 unspecified atom stereocenters. The highest BCUT2D eigenvalue weighted by Gasteiger charge is 2.16. The molecule has 0 saturated carbocycles. The molecule has 3 heteroatoms. The Balaban J connectivity index is 2.35. The van der Waals surface area contributed by atoms with Crippen LogP contribution in [0.5, 0.6) is 0 Å². The molecule has 0 amide bonds. The van der Waals surface area contributed by atoms with Gasteiger partial charge in [0.2, 0.25) is 0 Å². The second kappa shape index (κ2) is 7.39. The fourth-order valence-corrected chi connectivity index (χ4v) is 3.79. The minimum absolute atomic E-state index is 0.524. The normalized spacial score (nSPS) is 12.2. The Hall–Kier alpha value is -0.900. The third-order valence-electron chi connectivity index (χ3n) is 3.95. The quantitative estimate of drug-likeness (QED) is 0.802. The maximum atomic E-state index is 3.58. The van der Waals surface area contributed by atoms with Crippen LogP contribution in [0.25, 0.3) is 10.1 Å². The fourth-order valence-electron chi connectivity index (χ4n) is 2.63. The average Bonchev–Trinajstić information content (AvgIpc) is 2.79. The number of benzene rings is 1. The maximum absolute atomic E-state index is 3.58. The first-order valence-electron chi connectivity index (χ1n) is 7.99. The van der Waals surface area contributed by atoms with Gasteiger partial charge in [-0.05, 0) is 37.4 Å². The van der Waals surface area contributed by atoms with Gasteiger partial charge in [0.05, 0.1) is 0 Å². The van der Waals surface area contributed by atoms with Gasteiger partial charge in [-0.15, -0.1) is 11.3 Å². The lowest BCUT2D eigenvalue weighted by Crippen LogP contribution is -2.30. The van der Waals surface area contributed by atoms with E-state index in [1.807, 2.05) is 11.3 Å². The molecular weight excluding hydrogens is 276 g/mol. The highest BCUT2D eigenvalue weighted by molar-refractivity contribution is 7.19. The van der Waals surface area contributed by atoms with Crippen LogP contribution >= 0.6 is 11.3 Å². The summed E-state index contributed by atoms with van der Waals surface area (Å²) < 4.78 is 1.41. The van der Waals surface area contributed by atoms with E-state index in [0.29, 0.717) is 12.1 Å². The lowest BCUT2D eigenvalue weighted by Gasteiger charge is -2.25. The van der Waals surface area contributed by atoms with Gasteiger partial charge < -0.3 is 5.32 Å². The Morgan fingerprint density at radius 3 is 2.48 bits per heavy atom. The monoisotopic (exact) mass is 304 g/mol. The Kier molecular flexibility index (Phi) is 5.80. The first kappa shape index (κ1) is 16.5. The van der Waals surface area contributed by atoms with Crippen molar-refractivity contribution in [1.29, 1.82) is 0 Å². The molecule has 0 aliphatic carbocycles. The third-order valence-corrected chi connectivity index (χ3v) is 5.16. The number of hydrogen-bond donors (Lipinski definition) is 1. The van der Waals surface area contributed by atoms with E-state index in [1.165, 1.54) is 20.5 Å². The van der Waals surface area contributed by atoms with Crippen LogP contribution in [0.3, 0.4) is 0 Å². The van der Waals surface area contributed by atoms with E-state index >= 15 is 0 Å². The van der Waals surface area contributed by atoms with Crippen LogP contribution in [0.2, 0.25) is 0 Å². The summed E-state index contributed by atoms with van der Waals surface area (Å²) in [6, 6.07) is 9.92. The predicted molar refractivity (Wildman–Crippen MR) is 95.0 cm³/mol. The van der Waals surface area contributed by atoms with E-state index in [2.05, 4.69) is 69.1 Å². The van der Waals surface area contributed by atoms with E-state index in [1.54, 1.807) is 0 Å². The average molecular weight is 305 g/mol. The van der Waals surface area contributed by atoms with Gasteiger partial charge in [0.1, 0.15) is 0 Å². The zero-order valence-electron chi connectivity index (χ0n) is 13.9. The molecule has 1 N–H and O–H groups in total. The Bertz CT molecular complexity index is 572. The van der Waals surface area contributed by atoms with Crippen molar-refractivity contribution in [2.24, 2.45) is 0 Å². The van der Waals surface area contributed by atoms with Gasteiger partial charge in [0, 0.05) is 34.8 Å². The second-order valence-corrected chi connectivity index (χ2v) is 7.33. The Labute approximate surface area is 133 Å². The number of rotatable bonds is 7. The molecule has 116 valence electrons. The van der Waals surface area contributed by atoms with Crippen LogP contribution in [-0.4, -0.2) is 23.5 Å². The molecule has 0 saturated heterocycles.